The van der Waals surface area contributed by atoms with Gasteiger partial charge in [-0.2, -0.15) is 5.10 Å². The lowest BCUT2D eigenvalue weighted by molar-refractivity contribution is 0.708. The van der Waals surface area contributed by atoms with Gasteiger partial charge in [-0.05, 0) is 11.1 Å². The van der Waals surface area contributed by atoms with Gasteiger partial charge in [-0.15, -0.1) is 0 Å². The average molecular weight is 250 g/mol. The molecular weight excluding hydrogens is 236 g/mol. The van der Waals surface area contributed by atoms with Gasteiger partial charge in [0.2, 0.25) is 5.96 Å². The van der Waals surface area contributed by atoms with Gasteiger partial charge in [0.05, 0.1) is 6.21 Å². The summed E-state index contributed by atoms with van der Waals surface area (Å²) in [4.78, 5) is 4.59. The Kier molecular flexibility index (Phi) is 2.76. The molecule has 0 aliphatic carbocycles. The molecule has 2 aromatic carbocycles. The first-order valence-electron chi connectivity index (χ1n) is 6.08. The van der Waals surface area contributed by atoms with E-state index in [9.17, 15) is 0 Å². The molecule has 0 atom stereocenters. The highest BCUT2D eigenvalue weighted by Gasteiger charge is 2.34. The van der Waals surface area contributed by atoms with Crippen molar-refractivity contribution >= 4 is 12.2 Å². The molecule has 3 rings (SSSR count). The van der Waals surface area contributed by atoms with Gasteiger partial charge < -0.3 is 5.73 Å². The van der Waals surface area contributed by atoms with E-state index in [0.717, 1.165) is 11.1 Å². The second kappa shape index (κ2) is 4.57. The van der Waals surface area contributed by atoms with Crippen LogP contribution in [0.3, 0.4) is 0 Å². The smallest absolute Gasteiger partial charge is 0.211 e. The van der Waals surface area contributed by atoms with Crippen LogP contribution in [-0.4, -0.2) is 12.2 Å². The van der Waals surface area contributed by atoms with Crippen molar-refractivity contribution in [1.82, 2.24) is 5.43 Å². The zero-order chi connectivity index (χ0) is 13.1. The number of nitrogens with zero attached hydrogens (tertiary/aromatic N) is 2. The molecule has 19 heavy (non-hydrogen) atoms. The zero-order valence-corrected chi connectivity index (χ0v) is 10.3. The Hall–Kier alpha value is -2.62. The number of rotatable bonds is 2. The molecule has 0 radical (unpaired) electrons. The molecule has 1 aliphatic heterocycles. The van der Waals surface area contributed by atoms with Gasteiger partial charge in [-0.25, -0.2) is 10.4 Å². The van der Waals surface area contributed by atoms with Crippen LogP contribution in [0.2, 0.25) is 0 Å². The fourth-order valence-electron chi connectivity index (χ4n) is 2.27. The second-order valence-corrected chi connectivity index (χ2v) is 4.37. The lowest BCUT2D eigenvalue weighted by Crippen LogP contribution is -2.40. The molecule has 2 aromatic rings. The average Bonchev–Trinajstić information content (AvgIpc) is 2.49. The predicted molar refractivity (Wildman–Crippen MR) is 76.9 cm³/mol. The molecule has 0 spiro atoms. The SMILES string of the molecule is NC1=NC(c2ccccc2)(c2ccccc2)C=NN1. The quantitative estimate of drug-likeness (QED) is 0.854. The van der Waals surface area contributed by atoms with E-state index in [1.54, 1.807) is 6.21 Å². The zero-order valence-electron chi connectivity index (χ0n) is 10.3. The minimum absolute atomic E-state index is 0.315. The third kappa shape index (κ3) is 1.97. The molecule has 0 aromatic heterocycles. The number of hydrogen-bond acceptors (Lipinski definition) is 4. The predicted octanol–water partition coefficient (Wildman–Crippen LogP) is 1.83. The van der Waals surface area contributed by atoms with Crippen LogP contribution in [0, 0.1) is 0 Å². The Bertz CT molecular complexity index is 578. The van der Waals surface area contributed by atoms with Crippen LogP contribution in [-0.2, 0) is 5.54 Å². The van der Waals surface area contributed by atoms with Crippen molar-refractivity contribution in [3.8, 4) is 0 Å². The van der Waals surface area contributed by atoms with Crippen molar-refractivity contribution < 1.29 is 0 Å². The summed E-state index contributed by atoms with van der Waals surface area (Å²) in [6.45, 7) is 0. The first-order chi connectivity index (χ1) is 9.31. The Morgan fingerprint density at radius 2 is 1.37 bits per heavy atom. The maximum absolute atomic E-state index is 5.81. The van der Waals surface area contributed by atoms with Crippen molar-refractivity contribution in [1.29, 1.82) is 0 Å². The number of nitrogens with one attached hydrogen (secondary N) is 1. The summed E-state index contributed by atoms with van der Waals surface area (Å²) in [6.07, 6.45) is 1.79. The number of benzene rings is 2. The third-order valence-electron chi connectivity index (χ3n) is 3.16. The van der Waals surface area contributed by atoms with E-state index in [-0.39, 0.29) is 0 Å². The van der Waals surface area contributed by atoms with Gasteiger partial charge in [0.15, 0.2) is 5.54 Å². The van der Waals surface area contributed by atoms with Gasteiger partial charge in [0.25, 0.3) is 0 Å². The van der Waals surface area contributed by atoms with Crippen LogP contribution in [0.15, 0.2) is 70.8 Å². The summed E-state index contributed by atoms with van der Waals surface area (Å²) in [5, 5.41) is 4.13. The molecule has 0 saturated carbocycles. The van der Waals surface area contributed by atoms with E-state index in [1.807, 2.05) is 60.7 Å². The molecule has 0 amide bonds. The largest absolute Gasteiger partial charge is 0.368 e. The van der Waals surface area contributed by atoms with Crippen LogP contribution in [0.1, 0.15) is 11.1 Å². The van der Waals surface area contributed by atoms with E-state index in [4.69, 9.17) is 5.73 Å². The minimum Gasteiger partial charge on any atom is -0.368 e. The number of hydrogen-bond donors (Lipinski definition) is 2. The molecular formula is C15H14N4. The molecule has 4 nitrogen and oxygen atoms in total. The standard InChI is InChI=1S/C15H14N4/c16-14-18-15(11-17-19-14,12-7-3-1-4-8-12)13-9-5-2-6-10-13/h1-11H,(H3,16,18,19). The monoisotopic (exact) mass is 250 g/mol. The Balaban J connectivity index is 2.23. The van der Waals surface area contributed by atoms with Gasteiger partial charge in [0.1, 0.15) is 0 Å². The Morgan fingerprint density at radius 1 is 0.842 bits per heavy atom. The summed E-state index contributed by atoms with van der Waals surface area (Å²) in [7, 11) is 0. The van der Waals surface area contributed by atoms with Crippen molar-refractivity contribution in [2.45, 2.75) is 5.54 Å². The topological polar surface area (TPSA) is 62.8 Å². The highest BCUT2D eigenvalue weighted by atomic mass is 15.4. The maximum atomic E-state index is 5.81. The van der Waals surface area contributed by atoms with E-state index in [0.29, 0.717) is 5.96 Å². The van der Waals surface area contributed by atoms with Crippen LogP contribution in [0.25, 0.3) is 0 Å². The molecule has 1 aliphatic rings. The molecule has 94 valence electrons. The molecule has 0 saturated heterocycles. The van der Waals surface area contributed by atoms with Crippen molar-refractivity contribution in [3.63, 3.8) is 0 Å². The Morgan fingerprint density at radius 3 is 1.84 bits per heavy atom. The fourth-order valence-corrected chi connectivity index (χ4v) is 2.27. The van der Waals surface area contributed by atoms with E-state index >= 15 is 0 Å². The molecule has 1 heterocycles. The molecule has 4 heteroatoms. The summed E-state index contributed by atoms with van der Waals surface area (Å²) in [5.74, 6) is 0.315. The third-order valence-corrected chi connectivity index (χ3v) is 3.16. The summed E-state index contributed by atoms with van der Waals surface area (Å²) in [5.41, 5.74) is 9.90. The van der Waals surface area contributed by atoms with Gasteiger partial charge >= 0.3 is 0 Å². The summed E-state index contributed by atoms with van der Waals surface area (Å²) >= 11 is 0. The van der Waals surface area contributed by atoms with E-state index in [1.165, 1.54) is 0 Å². The number of aliphatic imine (C=N–C) groups is 1. The molecule has 3 N–H and O–H groups in total. The van der Waals surface area contributed by atoms with Gasteiger partial charge in [-0.1, -0.05) is 60.7 Å². The first kappa shape index (κ1) is 11.5. The maximum Gasteiger partial charge on any atom is 0.211 e. The summed E-state index contributed by atoms with van der Waals surface area (Å²) < 4.78 is 0. The molecule has 0 fully saturated rings. The highest BCUT2D eigenvalue weighted by molar-refractivity contribution is 5.89. The van der Waals surface area contributed by atoms with E-state index < -0.39 is 5.54 Å². The van der Waals surface area contributed by atoms with Crippen LogP contribution < -0.4 is 11.2 Å². The first-order valence-corrected chi connectivity index (χ1v) is 6.08. The number of nitrogens with two attached hydrogens (primary N) is 1. The minimum atomic E-state index is -0.655. The highest BCUT2D eigenvalue weighted by Crippen LogP contribution is 2.33. The Labute approximate surface area is 111 Å². The van der Waals surface area contributed by atoms with Gasteiger partial charge in [-0.3, -0.25) is 0 Å². The normalized spacial score (nSPS) is 16.5. The van der Waals surface area contributed by atoms with Crippen molar-refractivity contribution in [2.75, 3.05) is 0 Å². The van der Waals surface area contributed by atoms with Crippen LogP contribution in [0.4, 0.5) is 0 Å². The second-order valence-electron chi connectivity index (χ2n) is 4.37. The van der Waals surface area contributed by atoms with E-state index in [2.05, 4.69) is 15.5 Å². The fraction of sp³-hybridized carbons (Fsp3) is 0.0667. The van der Waals surface area contributed by atoms with Crippen molar-refractivity contribution in [2.24, 2.45) is 15.8 Å². The van der Waals surface area contributed by atoms with Crippen molar-refractivity contribution in [3.05, 3.63) is 71.8 Å². The molecule has 0 unspecified atom stereocenters. The molecule has 0 bridgehead atoms. The van der Waals surface area contributed by atoms with Crippen LogP contribution in [0.5, 0.6) is 0 Å². The summed E-state index contributed by atoms with van der Waals surface area (Å²) in [6, 6.07) is 20.0. The van der Waals surface area contributed by atoms with Crippen LogP contribution >= 0.6 is 0 Å². The lowest BCUT2D eigenvalue weighted by Gasteiger charge is -2.29. The number of hydrazone groups is 1. The lowest BCUT2D eigenvalue weighted by atomic mass is 9.84. The van der Waals surface area contributed by atoms with Gasteiger partial charge in [0, 0.05) is 0 Å². The number of guanidine groups is 1.